The van der Waals surface area contributed by atoms with Gasteiger partial charge in [0.1, 0.15) is 5.01 Å². The molecule has 0 unspecified atom stereocenters. The van der Waals surface area contributed by atoms with Gasteiger partial charge in [0.25, 0.3) is 0 Å². The lowest BCUT2D eigenvalue weighted by molar-refractivity contribution is -0.122. The normalized spacial score (nSPS) is 17.1. The van der Waals surface area contributed by atoms with E-state index in [1.54, 1.807) is 4.90 Å². The van der Waals surface area contributed by atoms with Crippen molar-refractivity contribution in [3.05, 3.63) is 35.3 Å². The van der Waals surface area contributed by atoms with Crippen molar-refractivity contribution in [2.24, 2.45) is 5.92 Å². The molecule has 1 aromatic carbocycles. The molecule has 1 aromatic heterocycles. The molecule has 132 valence electrons. The predicted octanol–water partition coefficient (Wildman–Crippen LogP) is 2.11. The van der Waals surface area contributed by atoms with Gasteiger partial charge in [0, 0.05) is 31.7 Å². The maximum atomic E-state index is 12.4. The van der Waals surface area contributed by atoms with Crippen LogP contribution in [-0.4, -0.2) is 41.8 Å². The van der Waals surface area contributed by atoms with E-state index in [0.717, 1.165) is 10.7 Å². The molecular formula is C17H20N4O3S. The van der Waals surface area contributed by atoms with Crippen LogP contribution in [0.2, 0.25) is 0 Å². The van der Waals surface area contributed by atoms with Crippen molar-refractivity contribution >= 4 is 34.0 Å². The van der Waals surface area contributed by atoms with Crippen LogP contribution in [0.5, 0.6) is 0 Å². The molecule has 0 radical (unpaired) electrons. The summed E-state index contributed by atoms with van der Waals surface area (Å²) in [5.74, 6) is -0.621. The number of rotatable bonds is 7. The van der Waals surface area contributed by atoms with Gasteiger partial charge in [0.15, 0.2) is 0 Å². The van der Waals surface area contributed by atoms with E-state index >= 15 is 0 Å². The first-order valence-electron chi connectivity index (χ1n) is 8.23. The summed E-state index contributed by atoms with van der Waals surface area (Å²) in [6, 6.07) is 9.38. The number of hydrogen-bond acceptors (Lipinski definition) is 6. The minimum Gasteiger partial charge on any atom is -0.381 e. The molecule has 25 heavy (non-hydrogen) atoms. The Labute approximate surface area is 150 Å². The smallest absolute Gasteiger partial charge is 0.231 e. The second kappa shape index (κ2) is 8.17. The summed E-state index contributed by atoms with van der Waals surface area (Å²) in [6.45, 7) is 3.57. The zero-order chi connectivity index (χ0) is 17.6. The average Bonchev–Trinajstić information content (AvgIpc) is 3.22. The highest BCUT2D eigenvalue weighted by Crippen LogP contribution is 2.26. The van der Waals surface area contributed by atoms with Crippen LogP contribution in [0.15, 0.2) is 30.3 Å². The standard InChI is InChI=1S/C17H20N4O3S/c1-2-24-9-8-14-19-20-17(25-14)18-16(23)12-10-15(22)21(11-12)13-6-4-3-5-7-13/h3-7,12H,2,8-11H2,1H3,(H,18,20,23)/t12-/m1/s1. The summed E-state index contributed by atoms with van der Waals surface area (Å²) in [4.78, 5) is 26.3. The Bertz CT molecular complexity index is 735. The lowest BCUT2D eigenvalue weighted by Crippen LogP contribution is -2.28. The molecule has 0 spiro atoms. The van der Waals surface area contributed by atoms with Gasteiger partial charge in [-0.25, -0.2) is 0 Å². The number of para-hydroxylation sites is 1. The number of nitrogens with one attached hydrogen (secondary N) is 1. The Balaban J connectivity index is 1.56. The molecule has 2 aromatic rings. The summed E-state index contributed by atoms with van der Waals surface area (Å²) in [5, 5.41) is 12.1. The number of amides is 2. The van der Waals surface area contributed by atoms with Gasteiger partial charge in [0.05, 0.1) is 12.5 Å². The van der Waals surface area contributed by atoms with E-state index in [-0.39, 0.29) is 24.2 Å². The van der Waals surface area contributed by atoms with Crippen molar-refractivity contribution in [2.45, 2.75) is 19.8 Å². The third-order valence-electron chi connectivity index (χ3n) is 3.93. The van der Waals surface area contributed by atoms with E-state index in [0.29, 0.717) is 31.3 Å². The molecule has 1 aliphatic heterocycles. The van der Waals surface area contributed by atoms with Crippen molar-refractivity contribution in [1.82, 2.24) is 10.2 Å². The van der Waals surface area contributed by atoms with Gasteiger partial charge in [-0.05, 0) is 19.1 Å². The van der Waals surface area contributed by atoms with E-state index in [2.05, 4.69) is 15.5 Å². The van der Waals surface area contributed by atoms with Gasteiger partial charge in [-0.2, -0.15) is 0 Å². The van der Waals surface area contributed by atoms with Gasteiger partial charge < -0.3 is 15.0 Å². The van der Waals surface area contributed by atoms with E-state index in [4.69, 9.17) is 4.74 Å². The summed E-state index contributed by atoms with van der Waals surface area (Å²) in [7, 11) is 0. The molecular weight excluding hydrogens is 340 g/mol. The third kappa shape index (κ3) is 4.40. The first-order valence-corrected chi connectivity index (χ1v) is 9.05. The molecule has 2 amide bonds. The molecule has 7 nitrogen and oxygen atoms in total. The minimum absolute atomic E-state index is 0.0407. The number of benzene rings is 1. The van der Waals surface area contributed by atoms with Crippen LogP contribution in [0.1, 0.15) is 18.4 Å². The number of hydrogen-bond donors (Lipinski definition) is 1. The molecule has 0 aliphatic carbocycles. The maximum absolute atomic E-state index is 12.4. The lowest BCUT2D eigenvalue weighted by Gasteiger charge is -2.16. The summed E-state index contributed by atoms with van der Waals surface area (Å²) in [6.07, 6.45) is 0.877. The third-order valence-corrected chi connectivity index (χ3v) is 4.82. The number of carbonyl (C=O) groups excluding carboxylic acids is 2. The molecule has 8 heteroatoms. The first kappa shape index (κ1) is 17.5. The van der Waals surface area contributed by atoms with Gasteiger partial charge in [0.2, 0.25) is 16.9 Å². The van der Waals surface area contributed by atoms with Gasteiger partial charge in [-0.15, -0.1) is 10.2 Å². The maximum Gasteiger partial charge on any atom is 0.231 e. The highest BCUT2D eigenvalue weighted by molar-refractivity contribution is 7.15. The molecule has 0 saturated carbocycles. The highest BCUT2D eigenvalue weighted by Gasteiger charge is 2.35. The van der Waals surface area contributed by atoms with E-state index in [9.17, 15) is 9.59 Å². The van der Waals surface area contributed by atoms with Crippen LogP contribution in [-0.2, 0) is 20.7 Å². The SMILES string of the molecule is CCOCCc1nnc(NC(=O)[C@@H]2CC(=O)N(c3ccccc3)C2)s1. The van der Waals surface area contributed by atoms with Crippen molar-refractivity contribution in [3.63, 3.8) is 0 Å². The number of ether oxygens (including phenoxy) is 1. The zero-order valence-electron chi connectivity index (χ0n) is 14.0. The van der Waals surface area contributed by atoms with E-state index in [1.165, 1.54) is 11.3 Å². The molecule has 1 N–H and O–H groups in total. The number of anilines is 2. The fourth-order valence-electron chi connectivity index (χ4n) is 2.66. The van der Waals surface area contributed by atoms with Crippen LogP contribution >= 0.6 is 11.3 Å². The van der Waals surface area contributed by atoms with Crippen molar-refractivity contribution in [2.75, 3.05) is 30.0 Å². The predicted molar refractivity (Wildman–Crippen MR) is 95.6 cm³/mol. The monoisotopic (exact) mass is 360 g/mol. The fourth-order valence-corrected chi connectivity index (χ4v) is 3.38. The Hall–Kier alpha value is -2.32. The van der Waals surface area contributed by atoms with Crippen LogP contribution in [0, 0.1) is 5.92 Å². The molecule has 1 aliphatic rings. The number of nitrogens with zero attached hydrogens (tertiary/aromatic N) is 3. The molecule has 0 bridgehead atoms. The van der Waals surface area contributed by atoms with Gasteiger partial charge >= 0.3 is 0 Å². The second-order valence-corrected chi connectivity index (χ2v) is 6.74. The second-order valence-electron chi connectivity index (χ2n) is 5.68. The van der Waals surface area contributed by atoms with Crippen molar-refractivity contribution < 1.29 is 14.3 Å². The van der Waals surface area contributed by atoms with Crippen LogP contribution in [0.4, 0.5) is 10.8 Å². The number of carbonyl (C=O) groups is 2. The lowest BCUT2D eigenvalue weighted by atomic mass is 10.1. The quantitative estimate of drug-likeness (QED) is 0.765. The van der Waals surface area contributed by atoms with E-state index < -0.39 is 0 Å². The van der Waals surface area contributed by atoms with Gasteiger partial charge in [-0.3, -0.25) is 9.59 Å². The summed E-state index contributed by atoms with van der Waals surface area (Å²) >= 11 is 1.34. The van der Waals surface area contributed by atoms with Crippen molar-refractivity contribution in [3.8, 4) is 0 Å². The Morgan fingerprint density at radius 1 is 1.36 bits per heavy atom. The Kier molecular flexibility index (Phi) is 5.72. The summed E-state index contributed by atoms with van der Waals surface area (Å²) < 4.78 is 5.28. The molecule has 2 heterocycles. The summed E-state index contributed by atoms with van der Waals surface area (Å²) in [5.41, 5.74) is 0.817. The minimum atomic E-state index is -0.386. The largest absolute Gasteiger partial charge is 0.381 e. The Morgan fingerprint density at radius 3 is 2.92 bits per heavy atom. The average molecular weight is 360 g/mol. The first-order chi connectivity index (χ1) is 12.2. The number of aromatic nitrogens is 2. The molecule has 1 fully saturated rings. The van der Waals surface area contributed by atoms with Crippen molar-refractivity contribution in [1.29, 1.82) is 0 Å². The Morgan fingerprint density at radius 2 is 2.16 bits per heavy atom. The molecule has 1 atom stereocenters. The van der Waals surface area contributed by atoms with E-state index in [1.807, 2.05) is 37.3 Å². The van der Waals surface area contributed by atoms with Crippen LogP contribution in [0.3, 0.4) is 0 Å². The topological polar surface area (TPSA) is 84.4 Å². The highest BCUT2D eigenvalue weighted by atomic mass is 32.1. The van der Waals surface area contributed by atoms with Gasteiger partial charge in [-0.1, -0.05) is 29.5 Å². The molecule has 3 rings (SSSR count). The molecule has 1 saturated heterocycles. The van der Waals surface area contributed by atoms with Crippen LogP contribution < -0.4 is 10.2 Å². The van der Waals surface area contributed by atoms with Crippen LogP contribution in [0.25, 0.3) is 0 Å². The fraction of sp³-hybridized carbons (Fsp3) is 0.412. The zero-order valence-corrected chi connectivity index (χ0v) is 14.8.